The van der Waals surface area contributed by atoms with E-state index in [2.05, 4.69) is 23.6 Å². The summed E-state index contributed by atoms with van der Waals surface area (Å²) in [5.41, 5.74) is 6.06. The molecule has 0 bridgehead atoms. The van der Waals surface area contributed by atoms with Crippen molar-refractivity contribution >= 4 is 30.7 Å². The first-order valence-electron chi connectivity index (χ1n) is 8.42. The third kappa shape index (κ3) is 5.55. The number of hydrogen-bond acceptors (Lipinski definition) is 3. The van der Waals surface area contributed by atoms with Gasteiger partial charge in [0.15, 0.2) is 0 Å². The highest BCUT2D eigenvalue weighted by atomic mass is 35.5. The van der Waals surface area contributed by atoms with E-state index in [1.807, 2.05) is 0 Å². The molecule has 1 aliphatic heterocycles. The van der Waals surface area contributed by atoms with E-state index >= 15 is 0 Å². The van der Waals surface area contributed by atoms with Crippen molar-refractivity contribution in [2.24, 2.45) is 17.6 Å². The Morgan fingerprint density at radius 3 is 2.14 bits per heavy atom. The first-order chi connectivity index (χ1) is 9.65. The minimum atomic E-state index is 0. The number of rotatable bonds is 5. The van der Waals surface area contributed by atoms with Crippen LogP contribution in [0.15, 0.2) is 0 Å². The van der Waals surface area contributed by atoms with Gasteiger partial charge in [0, 0.05) is 25.7 Å². The fourth-order valence-electron chi connectivity index (χ4n) is 3.71. The van der Waals surface area contributed by atoms with Gasteiger partial charge in [-0.25, -0.2) is 0 Å². The SMILES string of the molecule is CCN(CC)CC1CCN(C(=O)C2CCCC2N)CC1.Cl.Cl. The topological polar surface area (TPSA) is 49.6 Å². The van der Waals surface area contributed by atoms with E-state index in [1.165, 1.54) is 6.54 Å². The quantitative estimate of drug-likeness (QED) is 0.825. The van der Waals surface area contributed by atoms with Crippen LogP contribution in [-0.4, -0.2) is 54.5 Å². The van der Waals surface area contributed by atoms with Crippen molar-refractivity contribution in [3.8, 4) is 0 Å². The second-order valence-electron chi connectivity index (χ2n) is 6.46. The summed E-state index contributed by atoms with van der Waals surface area (Å²) in [6.45, 7) is 9.78. The van der Waals surface area contributed by atoms with Crippen LogP contribution >= 0.6 is 24.8 Å². The molecule has 0 aromatic rings. The molecule has 1 amide bonds. The van der Waals surface area contributed by atoms with Crippen LogP contribution in [-0.2, 0) is 4.79 Å². The molecule has 2 N–H and O–H groups in total. The summed E-state index contributed by atoms with van der Waals surface area (Å²) in [5, 5.41) is 0. The maximum atomic E-state index is 12.5. The minimum Gasteiger partial charge on any atom is -0.342 e. The Kier molecular flexibility index (Phi) is 10.7. The highest BCUT2D eigenvalue weighted by Crippen LogP contribution is 2.28. The molecule has 132 valence electrons. The molecule has 22 heavy (non-hydrogen) atoms. The number of carbonyl (C=O) groups is 1. The number of nitrogens with zero attached hydrogens (tertiary/aromatic N) is 2. The van der Waals surface area contributed by atoms with E-state index in [4.69, 9.17) is 5.73 Å². The Hall–Kier alpha value is -0.0300. The molecule has 1 saturated carbocycles. The van der Waals surface area contributed by atoms with Crippen LogP contribution in [0.2, 0.25) is 0 Å². The van der Waals surface area contributed by atoms with E-state index in [0.29, 0.717) is 5.91 Å². The monoisotopic (exact) mass is 353 g/mol. The predicted octanol–water partition coefficient (Wildman–Crippen LogP) is 2.54. The molecule has 0 spiro atoms. The second kappa shape index (κ2) is 10.7. The lowest BCUT2D eigenvalue weighted by atomic mass is 9.94. The molecule has 2 atom stereocenters. The molecule has 6 heteroatoms. The average molecular weight is 354 g/mol. The number of halogens is 2. The first-order valence-corrected chi connectivity index (χ1v) is 8.42. The van der Waals surface area contributed by atoms with E-state index in [9.17, 15) is 4.79 Å². The molecule has 0 radical (unpaired) electrons. The van der Waals surface area contributed by atoms with Crippen LogP contribution in [0.1, 0.15) is 46.0 Å². The van der Waals surface area contributed by atoms with Crippen molar-refractivity contribution < 1.29 is 4.79 Å². The van der Waals surface area contributed by atoms with Gasteiger partial charge in [0.1, 0.15) is 0 Å². The summed E-state index contributed by atoms with van der Waals surface area (Å²) in [6.07, 6.45) is 5.46. The first kappa shape index (κ1) is 22.0. The van der Waals surface area contributed by atoms with Crippen LogP contribution in [0.3, 0.4) is 0 Å². The van der Waals surface area contributed by atoms with Crippen LogP contribution in [0, 0.1) is 11.8 Å². The highest BCUT2D eigenvalue weighted by molar-refractivity contribution is 5.85. The van der Waals surface area contributed by atoms with Crippen molar-refractivity contribution in [3.05, 3.63) is 0 Å². The summed E-state index contributed by atoms with van der Waals surface area (Å²) in [5.74, 6) is 1.20. The minimum absolute atomic E-state index is 0. The molecule has 1 saturated heterocycles. The molecule has 2 aliphatic rings. The number of carbonyl (C=O) groups excluding carboxylic acids is 1. The molecule has 2 unspecified atom stereocenters. The summed E-state index contributed by atoms with van der Waals surface area (Å²) in [7, 11) is 0. The zero-order valence-electron chi connectivity index (χ0n) is 14.0. The number of amides is 1. The zero-order valence-corrected chi connectivity index (χ0v) is 15.6. The number of nitrogens with two attached hydrogens (primary N) is 1. The highest BCUT2D eigenvalue weighted by Gasteiger charge is 2.34. The summed E-state index contributed by atoms with van der Waals surface area (Å²) in [4.78, 5) is 17.1. The summed E-state index contributed by atoms with van der Waals surface area (Å²) in [6, 6.07) is 0.107. The number of likely N-dealkylation sites (tertiary alicyclic amines) is 1. The van der Waals surface area contributed by atoms with E-state index in [0.717, 1.165) is 64.2 Å². The molecule has 1 aliphatic carbocycles. The second-order valence-corrected chi connectivity index (χ2v) is 6.46. The third-order valence-electron chi connectivity index (χ3n) is 5.22. The Bertz CT molecular complexity index is 319. The van der Waals surface area contributed by atoms with Gasteiger partial charge in [0.25, 0.3) is 0 Å². The largest absolute Gasteiger partial charge is 0.342 e. The van der Waals surface area contributed by atoms with Gasteiger partial charge in [0.2, 0.25) is 5.91 Å². The molecule has 1 heterocycles. The fourth-order valence-corrected chi connectivity index (χ4v) is 3.71. The van der Waals surface area contributed by atoms with Crippen molar-refractivity contribution in [2.75, 3.05) is 32.7 Å². The van der Waals surface area contributed by atoms with Gasteiger partial charge < -0.3 is 15.5 Å². The Labute approximate surface area is 148 Å². The molecular weight excluding hydrogens is 321 g/mol. The van der Waals surface area contributed by atoms with Crippen LogP contribution in [0.5, 0.6) is 0 Å². The lowest BCUT2D eigenvalue weighted by Crippen LogP contribution is -2.46. The number of hydrogen-bond donors (Lipinski definition) is 1. The maximum Gasteiger partial charge on any atom is 0.227 e. The van der Waals surface area contributed by atoms with Crippen molar-refractivity contribution in [1.82, 2.24) is 9.80 Å². The Morgan fingerprint density at radius 1 is 1.09 bits per heavy atom. The zero-order chi connectivity index (χ0) is 14.5. The van der Waals surface area contributed by atoms with Gasteiger partial charge in [-0.05, 0) is 44.7 Å². The molecular formula is C16H33Cl2N3O. The van der Waals surface area contributed by atoms with Crippen molar-refractivity contribution in [3.63, 3.8) is 0 Å². The summed E-state index contributed by atoms with van der Waals surface area (Å²) >= 11 is 0. The fraction of sp³-hybridized carbons (Fsp3) is 0.938. The molecule has 2 rings (SSSR count). The van der Waals surface area contributed by atoms with Crippen molar-refractivity contribution in [1.29, 1.82) is 0 Å². The van der Waals surface area contributed by atoms with Crippen LogP contribution < -0.4 is 5.73 Å². The van der Waals surface area contributed by atoms with E-state index in [1.54, 1.807) is 0 Å². The molecule has 2 fully saturated rings. The Morgan fingerprint density at radius 2 is 1.68 bits per heavy atom. The molecule has 0 aromatic heterocycles. The smallest absolute Gasteiger partial charge is 0.227 e. The third-order valence-corrected chi connectivity index (χ3v) is 5.22. The van der Waals surface area contributed by atoms with Gasteiger partial charge in [0.05, 0.1) is 5.92 Å². The van der Waals surface area contributed by atoms with Crippen LogP contribution in [0.4, 0.5) is 0 Å². The average Bonchev–Trinajstić information content (AvgIpc) is 2.91. The van der Waals surface area contributed by atoms with Gasteiger partial charge in [-0.1, -0.05) is 20.3 Å². The van der Waals surface area contributed by atoms with Gasteiger partial charge in [-0.3, -0.25) is 4.79 Å². The lowest BCUT2D eigenvalue weighted by Gasteiger charge is -2.36. The van der Waals surface area contributed by atoms with Crippen molar-refractivity contribution in [2.45, 2.75) is 52.0 Å². The predicted molar refractivity (Wildman–Crippen MR) is 96.9 cm³/mol. The maximum absolute atomic E-state index is 12.5. The standard InChI is InChI=1S/C16H31N3O.2ClH/c1-3-18(4-2)12-13-8-10-19(11-9-13)16(20)14-6-5-7-15(14)17;;/h13-15H,3-12,17H2,1-2H3;2*1H. The molecule has 0 aromatic carbocycles. The van der Waals surface area contributed by atoms with E-state index < -0.39 is 0 Å². The van der Waals surface area contributed by atoms with Crippen LogP contribution in [0.25, 0.3) is 0 Å². The van der Waals surface area contributed by atoms with E-state index in [-0.39, 0.29) is 36.8 Å². The molecule has 4 nitrogen and oxygen atoms in total. The Balaban J connectivity index is 0.00000220. The van der Waals surface area contributed by atoms with Gasteiger partial charge >= 0.3 is 0 Å². The lowest BCUT2D eigenvalue weighted by molar-refractivity contribution is -0.137. The van der Waals surface area contributed by atoms with Gasteiger partial charge in [-0.2, -0.15) is 0 Å². The summed E-state index contributed by atoms with van der Waals surface area (Å²) < 4.78 is 0. The van der Waals surface area contributed by atoms with Gasteiger partial charge in [-0.15, -0.1) is 24.8 Å². The normalized spacial score (nSPS) is 25.7. The number of piperidine rings is 1.